The van der Waals surface area contributed by atoms with Crippen LogP contribution in [0.15, 0.2) is 78.2 Å². The van der Waals surface area contributed by atoms with Crippen molar-refractivity contribution in [3.8, 4) is 44.6 Å². The number of hydrogen-bond donors (Lipinski definition) is 1. The Morgan fingerprint density at radius 3 is 2.43 bits per heavy atom. The zero-order valence-electron chi connectivity index (χ0n) is 20.4. The van der Waals surface area contributed by atoms with Crippen LogP contribution in [0.5, 0.6) is 11.5 Å². The fourth-order valence-electron chi connectivity index (χ4n) is 3.98. The molecule has 2 heterocycles. The molecule has 1 amide bonds. The van der Waals surface area contributed by atoms with Gasteiger partial charge in [-0.05, 0) is 42.5 Å². The predicted molar refractivity (Wildman–Crippen MR) is 143 cm³/mol. The van der Waals surface area contributed by atoms with Crippen LogP contribution < -0.4 is 14.8 Å². The van der Waals surface area contributed by atoms with Crippen molar-refractivity contribution < 1.29 is 18.7 Å². The lowest BCUT2D eigenvalue weighted by Crippen LogP contribution is -2.16. The molecule has 0 saturated heterocycles. The summed E-state index contributed by atoms with van der Waals surface area (Å²) in [7, 11) is 4.87. The van der Waals surface area contributed by atoms with E-state index in [4.69, 9.17) is 9.47 Å². The van der Waals surface area contributed by atoms with E-state index in [0.717, 1.165) is 5.56 Å². The number of thiazole rings is 1. The van der Waals surface area contributed by atoms with E-state index >= 15 is 0 Å². The van der Waals surface area contributed by atoms with Crippen LogP contribution >= 0.6 is 11.3 Å². The Balaban J connectivity index is 1.44. The van der Waals surface area contributed by atoms with Gasteiger partial charge in [-0.25, -0.2) is 9.37 Å². The highest BCUT2D eigenvalue weighted by Gasteiger charge is 2.19. The van der Waals surface area contributed by atoms with E-state index in [9.17, 15) is 9.18 Å². The van der Waals surface area contributed by atoms with Gasteiger partial charge in [0.15, 0.2) is 0 Å². The summed E-state index contributed by atoms with van der Waals surface area (Å²) >= 11 is 1.35. The van der Waals surface area contributed by atoms with Crippen LogP contribution in [-0.2, 0) is 7.05 Å². The number of hydrogen-bond acceptors (Lipinski definition) is 6. The number of amides is 1. The SMILES string of the molecule is COc1ccc(OC)c(-c2cc(C(=O)Nc3ccccc3-c3csc(-c4ccccc4F)n3)n(C)n2)c1. The van der Waals surface area contributed by atoms with Gasteiger partial charge in [0.25, 0.3) is 5.91 Å². The standard InChI is InChI=1S/C28H23FN4O3S/c1-33-25(15-23(32-33)20-14-17(35-2)12-13-26(20)36-3)27(34)30-22-11-7-5-9-19(22)24-16-37-28(31-24)18-8-4-6-10-21(18)29/h4-16H,1-3H3,(H,30,34). The first-order valence-corrected chi connectivity index (χ1v) is 12.2. The van der Waals surface area contributed by atoms with Crippen LogP contribution in [0.25, 0.3) is 33.1 Å². The highest BCUT2D eigenvalue weighted by Crippen LogP contribution is 2.35. The third-order valence-corrected chi connectivity index (χ3v) is 6.73. The number of aryl methyl sites for hydroxylation is 1. The summed E-state index contributed by atoms with van der Waals surface area (Å²) in [6.45, 7) is 0. The molecule has 0 bridgehead atoms. The van der Waals surface area contributed by atoms with Gasteiger partial charge in [-0.2, -0.15) is 5.10 Å². The van der Waals surface area contributed by atoms with Crippen LogP contribution in [0.3, 0.4) is 0 Å². The van der Waals surface area contributed by atoms with E-state index in [1.165, 1.54) is 22.1 Å². The molecular weight excluding hydrogens is 491 g/mol. The van der Waals surface area contributed by atoms with Crippen molar-refractivity contribution >= 4 is 22.9 Å². The fraction of sp³-hybridized carbons (Fsp3) is 0.107. The molecule has 2 aromatic heterocycles. The molecule has 5 rings (SSSR count). The first kappa shape index (κ1) is 24.2. The Hall–Kier alpha value is -4.50. The smallest absolute Gasteiger partial charge is 0.273 e. The van der Waals surface area contributed by atoms with Gasteiger partial charge in [0, 0.05) is 29.1 Å². The van der Waals surface area contributed by atoms with Crippen LogP contribution in [0, 0.1) is 5.82 Å². The summed E-state index contributed by atoms with van der Waals surface area (Å²) < 4.78 is 26.6. The van der Waals surface area contributed by atoms with Crippen molar-refractivity contribution in [2.75, 3.05) is 19.5 Å². The molecule has 7 nitrogen and oxygen atoms in total. The molecule has 9 heteroatoms. The maximum atomic E-state index is 14.3. The van der Waals surface area contributed by atoms with Gasteiger partial charge in [-0.1, -0.05) is 30.3 Å². The molecule has 0 aliphatic carbocycles. The molecule has 0 fully saturated rings. The van der Waals surface area contributed by atoms with Crippen LogP contribution in [-0.4, -0.2) is 34.9 Å². The Morgan fingerprint density at radius 1 is 0.919 bits per heavy atom. The van der Waals surface area contributed by atoms with E-state index in [0.29, 0.717) is 50.4 Å². The second-order valence-corrected chi connectivity index (χ2v) is 8.98. The van der Waals surface area contributed by atoms with Gasteiger partial charge in [0.1, 0.15) is 28.0 Å². The quantitative estimate of drug-likeness (QED) is 0.276. The Bertz CT molecular complexity index is 1590. The number of carbonyl (C=O) groups is 1. The topological polar surface area (TPSA) is 78.3 Å². The lowest BCUT2D eigenvalue weighted by molar-refractivity contribution is 0.101. The minimum Gasteiger partial charge on any atom is -0.497 e. The van der Waals surface area contributed by atoms with Gasteiger partial charge in [0.05, 0.1) is 31.3 Å². The molecule has 0 spiro atoms. The summed E-state index contributed by atoms with van der Waals surface area (Å²) in [5.41, 5.74) is 4.04. The van der Waals surface area contributed by atoms with E-state index in [-0.39, 0.29) is 11.7 Å². The first-order valence-electron chi connectivity index (χ1n) is 11.4. The van der Waals surface area contributed by atoms with Crippen molar-refractivity contribution in [3.63, 3.8) is 0 Å². The van der Waals surface area contributed by atoms with Gasteiger partial charge in [-0.3, -0.25) is 9.48 Å². The molecule has 0 unspecified atom stereocenters. The molecule has 37 heavy (non-hydrogen) atoms. The number of nitrogens with zero attached hydrogens (tertiary/aromatic N) is 3. The highest BCUT2D eigenvalue weighted by atomic mass is 32.1. The first-order chi connectivity index (χ1) is 18.0. The average molecular weight is 515 g/mol. The molecule has 0 saturated carbocycles. The van der Waals surface area contributed by atoms with Crippen LogP contribution in [0.1, 0.15) is 10.5 Å². The lowest BCUT2D eigenvalue weighted by Gasteiger charge is -2.09. The summed E-state index contributed by atoms with van der Waals surface area (Å²) in [6, 6.07) is 21.0. The van der Waals surface area contributed by atoms with Gasteiger partial charge in [0.2, 0.25) is 0 Å². The zero-order chi connectivity index (χ0) is 25.9. The number of halogens is 1. The zero-order valence-corrected chi connectivity index (χ0v) is 21.2. The number of carbonyl (C=O) groups excluding carboxylic acids is 1. The third kappa shape index (κ3) is 4.81. The Morgan fingerprint density at radius 2 is 1.68 bits per heavy atom. The average Bonchev–Trinajstić information content (AvgIpc) is 3.56. The number of anilines is 1. The van der Waals surface area contributed by atoms with E-state index in [1.54, 1.807) is 63.7 Å². The number of ether oxygens (including phenoxy) is 2. The number of aromatic nitrogens is 3. The summed E-state index contributed by atoms with van der Waals surface area (Å²) in [5, 5.41) is 9.92. The summed E-state index contributed by atoms with van der Waals surface area (Å²) in [5.74, 6) is 0.606. The molecule has 0 aliphatic heterocycles. The second kappa shape index (κ2) is 10.2. The van der Waals surface area contributed by atoms with Crippen LogP contribution in [0.2, 0.25) is 0 Å². The third-order valence-electron chi connectivity index (χ3n) is 5.85. The summed E-state index contributed by atoms with van der Waals surface area (Å²) in [4.78, 5) is 17.9. The molecule has 3 aromatic carbocycles. The lowest BCUT2D eigenvalue weighted by atomic mass is 10.1. The van der Waals surface area contributed by atoms with Crippen molar-refractivity contribution in [3.05, 3.63) is 89.7 Å². The van der Waals surface area contributed by atoms with Crippen molar-refractivity contribution in [1.82, 2.24) is 14.8 Å². The maximum Gasteiger partial charge on any atom is 0.273 e. The molecule has 0 aliphatic rings. The van der Waals surface area contributed by atoms with Gasteiger partial charge >= 0.3 is 0 Å². The molecular formula is C28H23FN4O3S. The monoisotopic (exact) mass is 514 g/mol. The van der Waals surface area contributed by atoms with Crippen molar-refractivity contribution in [2.45, 2.75) is 0 Å². The van der Waals surface area contributed by atoms with E-state index in [2.05, 4.69) is 15.4 Å². The molecule has 0 radical (unpaired) electrons. The van der Waals surface area contributed by atoms with Gasteiger partial charge in [-0.15, -0.1) is 11.3 Å². The minimum absolute atomic E-state index is 0.329. The number of nitrogens with one attached hydrogen (secondary N) is 1. The molecule has 186 valence electrons. The summed E-state index contributed by atoms with van der Waals surface area (Å²) in [6.07, 6.45) is 0. The Labute approximate surface area is 217 Å². The number of methoxy groups -OCH3 is 2. The molecule has 0 atom stereocenters. The minimum atomic E-state index is -0.333. The van der Waals surface area contributed by atoms with E-state index in [1.807, 2.05) is 29.6 Å². The molecule has 1 N–H and O–H groups in total. The fourth-order valence-corrected chi connectivity index (χ4v) is 4.83. The van der Waals surface area contributed by atoms with E-state index < -0.39 is 0 Å². The van der Waals surface area contributed by atoms with Crippen LogP contribution in [0.4, 0.5) is 10.1 Å². The Kier molecular flexibility index (Phi) is 6.70. The number of para-hydroxylation sites is 1. The highest BCUT2D eigenvalue weighted by molar-refractivity contribution is 7.13. The maximum absolute atomic E-state index is 14.3. The normalized spacial score (nSPS) is 10.8. The van der Waals surface area contributed by atoms with Crippen molar-refractivity contribution in [2.24, 2.45) is 7.05 Å². The number of benzene rings is 3. The number of rotatable bonds is 7. The largest absolute Gasteiger partial charge is 0.497 e. The van der Waals surface area contributed by atoms with Gasteiger partial charge < -0.3 is 14.8 Å². The second-order valence-electron chi connectivity index (χ2n) is 8.12. The molecule has 5 aromatic rings. The van der Waals surface area contributed by atoms with Crippen molar-refractivity contribution in [1.29, 1.82) is 0 Å². The predicted octanol–water partition coefficient (Wildman–Crippen LogP) is 6.29.